The fourth-order valence-corrected chi connectivity index (χ4v) is 4.20. The Morgan fingerprint density at radius 1 is 1.12 bits per heavy atom. The Balaban J connectivity index is 1.74. The molecule has 3 rings (SSSR count). The Bertz CT molecular complexity index is 860. The minimum Gasteiger partial charge on any atom is -0.297 e. The topological polar surface area (TPSA) is 42.0 Å². The number of hydrogen-bond acceptors (Lipinski definition) is 4. The number of anilines is 1. The molecule has 0 aliphatic carbocycles. The number of benzene rings is 1. The number of aromatic nitrogens is 1. The lowest BCUT2D eigenvalue weighted by atomic mass is 9.86. The summed E-state index contributed by atoms with van der Waals surface area (Å²) in [6.07, 6.45) is 0. The number of thiophene rings is 1. The number of nitrogens with one attached hydrogen (secondary N) is 1. The molecule has 3 nitrogen and oxygen atoms in total. The second-order valence-electron chi connectivity index (χ2n) is 6.42. The van der Waals surface area contributed by atoms with Gasteiger partial charge in [-0.25, -0.2) is 4.98 Å². The van der Waals surface area contributed by atoms with E-state index in [1.165, 1.54) is 28.2 Å². The third-order valence-electron chi connectivity index (χ3n) is 3.57. The number of nitrogens with zero attached hydrogens (tertiary/aromatic N) is 1. The van der Waals surface area contributed by atoms with E-state index in [1.807, 2.05) is 11.4 Å². The lowest BCUT2D eigenvalue weighted by molar-refractivity contribution is 0.103. The zero-order valence-electron chi connectivity index (χ0n) is 13.6. The summed E-state index contributed by atoms with van der Waals surface area (Å²) in [6.45, 7) is 6.59. The molecule has 2 heterocycles. The van der Waals surface area contributed by atoms with Gasteiger partial charge in [0.25, 0.3) is 5.91 Å². The summed E-state index contributed by atoms with van der Waals surface area (Å²) >= 11 is 6.20. The molecule has 0 aliphatic heterocycles. The van der Waals surface area contributed by atoms with Crippen molar-refractivity contribution in [1.82, 2.24) is 4.98 Å². The molecule has 6 heteroatoms. The normalized spacial score (nSPS) is 11.5. The summed E-state index contributed by atoms with van der Waals surface area (Å²) in [5.74, 6) is -0.130. The predicted molar refractivity (Wildman–Crippen MR) is 106 cm³/mol. The first-order valence-corrected chi connectivity index (χ1v) is 9.95. The number of hydrogen-bond donors (Lipinski definition) is 1. The SMILES string of the molecule is CC(C)(C)c1ccc(-c2csc(NC(=O)c3ccc(Br)s3)n2)cc1. The molecule has 124 valence electrons. The van der Waals surface area contributed by atoms with Crippen LogP contribution in [0.2, 0.25) is 0 Å². The lowest BCUT2D eigenvalue weighted by Crippen LogP contribution is -2.10. The molecule has 0 saturated carbocycles. The highest BCUT2D eigenvalue weighted by molar-refractivity contribution is 9.11. The molecule has 0 radical (unpaired) electrons. The Morgan fingerprint density at radius 2 is 1.83 bits per heavy atom. The zero-order valence-corrected chi connectivity index (χ0v) is 16.8. The minimum absolute atomic E-state index is 0.130. The maximum absolute atomic E-state index is 12.2. The van der Waals surface area contributed by atoms with E-state index in [-0.39, 0.29) is 11.3 Å². The van der Waals surface area contributed by atoms with Gasteiger partial charge in [-0.15, -0.1) is 22.7 Å². The van der Waals surface area contributed by atoms with Crippen molar-refractivity contribution in [2.24, 2.45) is 0 Å². The van der Waals surface area contributed by atoms with Gasteiger partial charge in [-0.1, -0.05) is 45.0 Å². The zero-order chi connectivity index (χ0) is 17.3. The summed E-state index contributed by atoms with van der Waals surface area (Å²) in [5, 5.41) is 5.43. The molecule has 0 aliphatic rings. The molecular formula is C18H17BrN2OS2. The first-order valence-electron chi connectivity index (χ1n) is 7.46. The van der Waals surface area contributed by atoms with Crippen molar-refractivity contribution >= 4 is 49.6 Å². The van der Waals surface area contributed by atoms with Crippen molar-refractivity contribution in [3.05, 3.63) is 56.0 Å². The number of thiazole rings is 1. The number of carbonyl (C=O) groups excluding carboxylic acids is 1. The van der Waals surface area contributed by atoms with Crippen molar-refractivity contribution in [2.45, 2.75) is 26.2 Å². The summed E-state index contributed by atoms with van der Waals surface area (Å²) < 4.78 is 0.936. The maximum Gasteiger partial charge on any atom is 0.267 e. The van der Waals surface area contributed by atoms with Crippen LogP contribution >= 0.6 is 38.6 Å². The van der Waals surface area contributed by atoms with Gasteiger partial charge >= 0.3 is 0 Å². The van der Waals surface area contributed by atoms with Crippen LogP contribution in [0.15, 0.2) is 45.6 Å². The average Bonchev–Trinajstić information content (AvgIpc) is 3.16. The predicted octanol–water partition coefficient (Wildman–Crippen LogP) is 6.18. The minimum atomic E-state index is -0.130. The smallest absolute Gasteiger partial charge is 0.267 e. The van der Waals surface area contributed by atoms with E-state index in [1.54, 1.807) is 6.07 Å². The molecule has 0 saturated heterocycles. The van der Waals surface area contributed by atoms with E-state index in [9.17, 15) is 4.79 Å². The highest BCUT2D eigenvalue weighted by Gasteiger charge is 2.14. The van der Waals surface area contributed by atoms with Crippen molar-refractivity contribution in [2.75, 3.05) is 5.32 Å². The Labute approximate surface area is 157 Å². The van der Waals surface area contributed by atoms with E-state index >= 15 is 0 Å². The molecule has 0 unspecified atom stereocenters. The average molecular weight is 421 g/mol. The third-order valence-corrected chi connectivity index (χ3v) is 5.95. The molecule has 1 aromatic carbocycles. The van der Waals surface area contributed by atoms with Gasteiger partial charge in [0, 0.05) is 10.9 Å². The van der Waals surface area contributed by atoms with Crippen molar-refractivity contribution in [3.63, 3.8) is 0 Å². The van der Waals surface area contributed by atoms with Crippen LogP contribution in [0.4, 0.5) is 5.13 Å². The van der Waals surface area contributed by atoms with Gasteiger partial charge in [-0.2, -0.15) is 0 Å². The molecule has 1 N–H and O–H groups in total. The first kappa shape index (κ1) is 17.3. The Hall–Kier alpha value is -1.50. The summed E-state index contributed by atoms with van der Waals surface area (Å²) in [6, 6.07) is 12.1. The van der Waals surface area contributed by atoms with Crippen LogP contribution in [0.5, 0.6) is 0 Å². The molecule has 0 bridgehead atoms. The van der Waals surface area contributed by atoms with E-state index in [0.717, 1.165) is 15.0 Å². The molecular weight excluding hydrogens is 404 g/mol. The molecule has 0 spiro atoms. The van der Waals surface area contributed by atoms with E-state index in [4.69, 9.17) is 0 Å². The van der Waals surface area contributed by atoms with E-state index < -0.39 is 0 Å². The summed E-state index contributed by atoms with van der Waals surface area (Å²) in [5.41, 5.74) is 3.36. The first-order chi connectivity index (χ1) is 11.3. The Morgan fingerprint density at radius 3 is 2.42 bits per heavy atom. The number of halogens is 1. The van der Waals surface area contributed by atoms with Crippen LogP contribution in [-0.2, 0) is 5.41 Å². The van der Waals surface area contributed by atoms with Gasteiger partial charge in [0.15, 0.2) is 5.13 Å². The van der Waals surface area contributed by atoms with Gasteiger partial charge in [-0.3, -0.25) is 10.1 Å². The maximum atomic E-state index is 12.2. The summed E-state index contributed by atoms with van der Waals surface area (Å²) in [7, 11) is 0. The van der Waals surface area contributed by atoms with Crippen LogP contribution in [0.3, 0.4) is 0 Å². The second-order valence-corrected chi connectivity index (χ2v) is 9.74. The fraction of sp³-hybridized carbons (Fsp3) is 0.222. The molecule has 2 aromatic heterocycles. The van der Waals surface area contributed by atoms with Crippen molar-refractivity contribution in [1.29, 1.82) is 0 Å². The quantitative estimate of drug-likeness (QED) is 0.548. The van der Waals surface area contributed by atoms with E-state index in [2.05, 4.69) is 71.3 Å². The highest BCUT2D eigenvalue weighted by atomic mass is 79.9. The van der Waals surface area contributed by atoms with E-state index in [0.29, 0.717) is 10.0 Å². The van der Waals surface area contributed by atoms with Crippen LogP contribution in [0.1, 0.15) is 36.0 Å². The van der Waals surface area contributed by atoms with Crippen LogP contribution < -0.4 is 5.32 Å². The number of rotatable bonds is 3. The molecule has 24 heavy (non-hydrogen) atoms. The Kier molecular flexibility index (Phi) is 4.90. The van der Waals surface area contributed by atoms with Crippen molar-refractivity contribution in [3.8, 4) is 11.3 Å². The second kappa shape index (κ2) is 6.78. The molecule has 0 fully saturated rings. The monoisotopic (exact) mass is 420 g/mol. The third kappa shape index (κ3) is 3.94. The number of carbonyl (C=O) groups is 1. The van der Waals surface area contributed by atoms with Crippen LogP contribution in [-0.4, -0.2) is 10.9 Å². The van der Waals surface area contributed by atoms with Crippen LogP contribution in [0, 0.1) is 0 Å². The van der Waals surface area contributed by atoms with Gasteiger partial charge < -0.3 is 0 Å². The van der Waals surface area contributed by atoms with Gasteiger partial charge in [0.2, 0.25) is 0 Å². The molecule has 0 atom stereocenters. The standard InChI is InChI=1S/C18H17BrN2OS2/c1-18(2,3)12-6-4-11(5-7-12)13-10-23-17(20-13)21-16(22)14-8-9-15(19)24-14/h4-10H,1-3H3,(H,20,21,22). The largest absolute Gasteiger partial charge is 0.297 e. The summed E-state index contributed by atoms with van der Waals surface area (Å²) in [4.78, 5) is 17.4. The van der Waals surface area contributed by atoms with Gasteiger partial charge in [0.1, 0.15) is 0 Å². The van der Waals surface area contributed by atoms with Crippen LogP contribution in [0.25, 0.3) is 11.3 Å². The number of amides is 1. The lowest BCUT2D eigenvalue weighted by Gasteiger charge is -2.18. The molecule has 3 aromatic rings. The van der Waals surface area contributed by atoms with Gasteiger partial charge in [-0.05, 0) is 39.0 Å². The molecule has 1 amide bonds. The highest BCUT2D eigenvalue weighted by Crippen LogP contribution is 2.29. The van der Waals surface area contributed by atoms with Crippen molar-refractivity contribution < 1.29 is 4.79 Å². The van der Waals surface area contributed by atoms with Gasteiger partial charge in [0.05, 0.1) is 14.4 Å². The fourth-order valence-electron chi connectivity index (χ4n) is 2.20.